The molecule has 0 radical (unpaired) electrons. The van der Waals surface area contributed by atoms with Crippen LogP contribution in [0.15, 0.2) is 6.33 Å². The third kappa shape index (κ3) is 1.79. The van der Waals surface area contributed by atoms with E-state index in [0.717, 1.165) is 17.2 Å². The number of aromatic nitrogens is 2. The average molecular weight is 261 g/mol. The van der Waals surface area contributed by atoms with E-state index in [1.54, 1.807) is 17.7 Å². The van der Waals surface area contributed by atoms with Crippen molar-refractivity contribution in [2.75, 3.05) is 11.4 Å². The second kappa shape index (κ2) is 4.50. The molecule has 1 atom stereocenters. The Hall–Kier alpha value is -1.16. The summed E-state index contributed by atoms with van der Waals surface area (Å²) in [6.07, 6.45) is 5.60. The number of fused-ring (bicyclic) bond motifs is 1. The van der Waals surface area contributed by atoms with E-state index in [4.69, 9.17) is 0 Å². The molecule has 3 nitrogen and oxygen atoms in total. The van der Waals surface area contributed by atoms with Crippen LogP contribution >= 0.6 is 11.3 Å². The van der Waals surface area contributed by atoms with Crippen molar-refractivity contribution in [3.05, 3.63) is 16.8 Å². The van der Waals surface area contributed by atoms with Gasteiger partial charge in [-0.15, -0.1) is 11.3 Å². The van der Waals surface area contributed by atoms with E-state index in [1.165, 1.54) is 35.1 Å². The first-order valence-corrected chi connectivity index (χ1v) is 7.47. The largest absolute Gasteiger partial charge is 0.353 e. The van der Waals surface area contributed by atoms with Gasteiger partial charge in [0, 0.05) is 17.5 Å². The molecule has 0 bridgehead atoms. The van der Waals surface area contributed by atoms with Gasteiger partial charge in [0.05, 0.1) is 5.39 Å². The third-order valence-electron chi connectivity index (χ3n) is 4.02. The van der Waals surface area contributed by atoms with Gasteiger partial charge in [-0.25, -0.2) is 9.97 Å². The van der Waals surface area contributed by atoms with Crippen LogP contribution in [0.4, 0.5) is 5.82 Å². The van der Waals surface area contributed by atoms with Crippen LogP contribution in [0.5, 0.6) is 0 Å². The molecule has 18 heavy (non-hydrogen) atoms. The van der Waals surface area contributed by atoms with Crippen molar-refractivity contribution in [1.82, 2.24) is 9.97 Å². The van der Waals surface area contributed by atoms with E-state index < -0.39 is 0 Å². The number of rotatable bonds is 1. The molecule has 4 heteroatoms. The van der Waals surface area contributed by atoms with E-state index in [1.807, 2.05) is 0 Å². The zero-order valence-electron chi connectivity index (χ0n) is 11.2. The molecule has 1 aliphatic rings. The molecule has 1 fully saturated rings. The highest BCUT2D eigenvalue weighted by molar-refractivity contribution is 7.18. The molecule has 0 unspecified atom stereocenters. The highest BCUT2D eigenvalue weighted by Crippen LogP contribution is 2.36. The molecule has 0 N–H and O–H groups in total. The lowest BCUT2D eigenvalue weighted by molar-refractivity contribution is 0.482. The number of aryl methyl sites for hydroxylation is 2. The lowest BCUT2D eigenvalue weighted by Crippen LogP contribution is -2.38. The van der Waals surface area contributed by atoms with Crippen molar-refractivity contribution in [3.8, 4) is 0 Å². The fourth-order valence-electron chi connectivity index (χ4n) is 2.79. The lowest BCUT2D eigenvalue weighted by atomic mass is 10.0. The molecule has 3 heterocycles. The van der Waals surface area contributed by atoms with Gasteiger partial charge in [-0.1, -0.05) is 0 Å². The van der Waals surface area contributed by atoms with Crippen molar-refractivity contribution in [3.63, 3.8) is 0 Å². The molecule has 1 saturated heterocycles. The van der Waals surface area contributed by atoms with Gasteiger partial charge in [0.25, 0.3) is 0 Å². The van der Waals surface area contributed by atoms with Gasteiger partial charge in [0.1, 0.15) is 17.0 Å². The summed E-state index contributed by atoms with van der Waals surface area (Å²) in [5.74, 6) is 1.15. The predicted octanol–water partition coefficient (Wildman–Crippen LogP) is 3.69. The van der Waals surface area contributed by atoms with Crippen molar-refractivity contribution in [1.29, 1.82) is 0 Å². The second-order valence-electron chi connectivity index (χ2n) is 5.20. The first-order valence-electron chi connectivity index (χ1n) is 6.66. The molecule has 3 rings (SSSR count). The van der Waals surface area contributed by atoms with Crippen LogP contribution in [-0.2, 0) is 0 Å². The maximum absolute atomic E-state index is 4.58. The quantitative estimate of drug-likeness (QED) is 0.784. The molecular formula is C14H19N3S. The topological polar surface area (TPSA) is 29.0 Å². The van der Waals surface area contributed by atoms with Gasteiger partial charge in [-0.3, -0.25) is 0 Å². The first-order chi connectivity index (χ1) is 8.68. The number of nitrogens with zero attached hydrogens (tertiary/aromatic N) is 3. The Morgan fingerprint density at radius 1 is 1.28 bits per heavy atom. The maximum Gasteiger partial charge on any atom is 0.141 e. The number of hydrogen-bond acceptors (Lipinski definition) is 4. The number of hydrogen-bond donors (Lipinski definition) is 0. The Bertz CT molecular complexity index is 576. The fraction of sp³-hybridized carbons (Fsp3) is 0.571. The van der Waals surface area contributed by atoms with E-state index in [2.05, 4.69) is 35.6 Å². The number of thiophene rings is 1. The molecule has 0 saturated carbocycles. The molecule has 96 valence electrons. The summed E-state index contributed by atoms with van der Waals surface area (Å²) >= 11 is 1.78. The highest BCUT2D eigenvalue weighted by atomic mass is 32.1. The Morgan fingerprint density at radius 3 is 2.89 bits per heavy atom. The van der Waals surface area contributed by atoms with Crippen LogP contribution in [0.1, 0.15) is 36.6 Å². The lowest BCUT2D eigenvalue weighted by Gasteiger charge is -2.34. The maximum atomic E-state index is 4.58. The number of piperidine rings is 1. The van der Waals surface area contributed by atoms with Crippen LogP contribution < -0.4 is 4.90 Å². The Balaban J connectivity index is 2.16. The molecule has 0 spiro atoms. The summed E-state index contributed by atoms with van der Waals surface area (Å²) < 4.78 is 0. The van der Waals surface area contributed by atoms with E-state index >= 15 is 0 Å². The van der Waals surface area contributed by atoms with Crippen LogP contribution in [-0.4, -0.2) is 22.6 Å². The summed E-state index contributed by atoms with van der Waals surface area (Å²) in [5.41, 5.74) is 1.35. The highest BCUT2D eigenvalue weighted by Gasteiger charge is 2.23. The molecule has 0 amide bonds. The van der Waals surface area contributed by atoms with E-state index in [0.29, 0.717) is 6.04 Å². The van der Waals surface area contributed by atoms with Gasteiger partial charge in [0.2, 0.25) is 0 Å². The van der Waals surface area contributed by atoms with Gasteiger partial charge >= 0.3 is 0 Å². The Morgan fingerprint density at radius 2 is 2.11 bits per heavy atom. The van der Waals surface area contributed by atoms with Gasteiger partial charge in [-0.2, -0.15) is 0 Å². The molecule has 0 aliphatic carbocycles. The Kier molecular flexibility index (Phi) is 2.98. The zero-order valence-corrected chi connectivity index (χ0v) is 12.0. The van der Waals surface area contributed by atoms with Crippen LogP contribution in [0.2, 0.25) is 0 Å². The summed E-state index contributed by atoms with van der Waals surface area (Å²) in [5, 5.41) is 1.27. The summed E-state index contributed by atoms with van der Waals surface area (Å²) in [6.45, 7) is 7.80. The average Bonchev–Trinajstić information content (AvgIpc) is 2.66. The summed E-state index contributed by atoms with van der Waals surface area (Å²) in [7, 11) is 0. The number of anilines is 1. The molecule has 2 aromatic heterocycles. The summed E-state index contributed by atoms with van der Waals surface area (Å²) in [6, 6.07) is 0.594. The minimum Gasteiger partial charge on any atom is -0.353 e. The van der Waals surface area contributed by atoms with Crippen molar-refractivity contribution < 1.29 is 0 Å². The fourth-order valence-corrected chi connectivity index (χ4v) is 3.79. The molecule has 1 aliphatic heterocycles. The third-order valence-corrected chi connectivity index (χ3v) is 5.14. The normalized spacial score (nSPS) is 20.6. The van der Waals surface area contributed by atoms with Crippen molar-refractivity contribution in [2.45, 2.75) is 46.1 Å². The smallest absolute Gasteiger partial charge is 0.141 e. The van der Waals surface area contributed by atoms with Gasteiger partial charge < -0.3 is 4.90 Å². The van der Waals surface area contributed by atoms with Crippen LogP contribution in [0.25, 0.3) is 10.2 Å². The van der Waals surface area contributed by atoms with Gasteiger partial charge in [0.15, 0.2) is 0 Å². The standard InChI is InChI=1S/C14H19N3S/c1-9-6-4-5-7-17(9)13-12-10(2)11(3)18-14(12)16-8-15-13/h8-9H,4-7H2,1-3H3/t9-/m0/s1. The first kappa shape index (κ1) is 11.9. The minimum atomic E-state index is 0.594. The molecule has 2 aromatic rings. The van der Waals surface area contributed by atoms with Gasteiger partial charge in [-0.05, 0) is 45.6 Å². The van der Waals surface area contributed by atoms with E-state index in [-0.39, 0.29) is 0 Å². The molecule has 0 aromatic carbocycles. The van der Waals surface area contributed by atoms with Crippen molar-refractivity contribution in [2.24, 2.45) is 0 Å². The summed E-state index contributed by atoms with van der Waals surface area (Å²) in [4.78, 5) is 14.0. The second-order valence-corrected chi connectivity index (χ2v) is 6.40. The van der Waals surface area contributed by atoms with Crippen LogP contribution in [0.3, 0.4) is 0 Å². The van der Waals surface area contributed by atoms with Crippen molar-refractivity contribution >= 4 is 27.4 Å². The SMILES string of the molecule is Cc1sc2ncnc(N3CCCC[C@@H]3C)c2c1C. The van der Waals surface area contributed by atoms with Crippen LogP contribution in [0, 0.1) is 13.8 Å². The minimum absolute atomic E-state index is 0.594. The predicted molar refractivity (Wildman–Crippen MR) is 77.5 cm³/mol. The molecular weight excluding hydrogens is 242 g/mol. The van der Waals surface area contributed by atoms with E-state index in [9.17, 15) is 0 Å². The zero-order chi connectivity index (χ0) is 12.7. The monoisotopic (exact) mass is 261 g/mol. The Labute approximate surface area is 112 Å².